The van der Waals surface area contributed by atoms with Gasteiger partial charge in [-0.1, -0.05) is 12.2 Å². The summed E-state index contributed by atoms with van der Waals surface area (Å²) in [6, 6.07) is 0. The third kappa shape index (κ3) is 5.51. The molecule has 4 aromatic rings. The zero-order valence-electron chi connectivity index (χ0n) is 22.3. The van der Waals surface area contributed by atoms with E-state index in [1.54, 1.807) is 0 Å². The fraction of sp³-hybridized carbons (Fsp3) is 0.476. The highest BCUT2D eigenvalue weighted by molar-refractivity contribution is 8.44. The maximum absolute atomic E-state index is 16.0. The number of imidazole rings is 1. The molecule has 45 heavy (non-hydrogen) atoms. The number of aliphatic hydroxyl groups excluding tert-OH is 1. The van der Waals surface area contributed by atoms with E-state index < -0.39 is 92.6 Å². The highest BCUT2D eigenvalue weighted by Gasteiger charge is 2.53. The number of nitrogens with one attached hydrogen (secondary N) is 1. The van der Waals surface area contributed by atoms with Crippen molar-refractivity contribution in [1.29, 1.82) is 0 Å². The van der Waals surface area contributed by atoms with Gasteiger partial charge in [0.2, 0.25) is 0 Å². The lowest BCUT2D eigenvalue weighted by Gasteiger charge is -2.27. The second-order valence-electron chi connectivity index (χ2n) is 10.1. The summed E-state index contributed by atoms with van der Waals surface area (Å²) in [7, 11) is 0. The lowest BCUT2D eigenvalue weighted by molar-refractivity contribution is -0.0586. The van der Waals surface area contributed by atoms with Gasteiger partial charge in [-0.2, -0.15) is 0 Å². The maximum atomic E-state index is 16.0. The third-order valence-corrected chi connectivity index (χ3v) is 10.6. The van der Waals surface area contributed by atoms with E-state index in [1.165, 1.54) is 10.9 Å². The molecule has 2 bridgehead atoms. The summed E-state index contributed by atoms with van der Waals surface area (Å²) < 4.78 is 80.1. The molecule has 3 aliphatic heterocycles. The van der Waals surface area contributed by atoms with Crippen LogP contribution < -0.4 is 11.3 Å². The molecular formula is C21H22F2N8O10P2S2. The van der Waals surface area contributed by atoms with E-state index in [4.69, 9.17) is 45.1 Å². The number of aromatic nitrogens is 7. The number of nitrogens with two attached hydrogens (primary N) is 1. The Morgan fingerprint density at radius 3 is 2.62 bits per heavy atom. The Labute approximate surface area is 259 Å². The molecule has 3 fully saturated rings. The monoisotopic (exact) mass is 710 g/mol. The minimum absolute atomic E-state index is 0.0382. The van der Waals surface area contributed by atoms with E-state index in [2.05, 4.69) is 37.2 Å². The fourth-order valence-electron chi connectivity index (χ4n) is 5.37. The number of thiol groups is 1. The molecule has 10 atom stereocenters. The molecular weight excluding hydrogens is 688 g/mol. The van der Waals surface area contributed by atoms with Crippen molar-refractivity contribution in [3.63, 3.8) is 0 Å². The SMILES string of the molecule is Nc1ncnc2c1ncn2[C@@H]1OC2COP(O)(=S)O[C@H]3C(n4cc(F)c5c(=O)[nH]cnc54)OC(COP(=O)(S)O[C@H]2[C@H]1F)[C@H]3O. The van der Waals surface area contributed by atoms with Crippen molar-refractivity contribution in [3.8, 4) is 0 Å². The molecule has 18 nitrogen and oxygen atoms in total. The number of H-pyrrole nitrogens is 1. The highest BCUT2D eigenvalue weighted by Crippen LogP contribution is 2.58. The predicted molar refractivity (Wildman–Crippen MR) is 154 cm³/mol. The van der Waals surface area contributed by atoms with Crippen molar-refractivity contribution >= 4 is 65.6 Å². The first-order chi connectivity index (χ1) is 21.3. The number of nitrogens with zero attached hydrogens (tertiary/aromatic N) is 6. The quantitative estimate of drug-likeness (QED) is 0.143. The number of halogens is 2. The van der Waals surface area contributed by atoms with Gasteiger partial charge in [0.1, 0.15) is 47.8 Å². The molecule has 0 radical (unpaired) electrons. The predicted octanol–water partition coefficient (Wildman–Crippen LogP) is 0.851. The number of hydrogen-bond donors (Lipinski definition) is 5. The molecule has 5 N–H and O–H groups in total. The molecule has 0 spiro atoms. The Balaban J connectivity index is 1.21. The topological polar surface area (TPSA) is 233 Å². The number of fused-ring (bicyclic) bond motifs is 5. The van der Waals surface area contributed by atoms with Crippen molar-refractivity contribution in [2.45, 2.75) is 49.1 Å². The molecule has 0 aromatic carbocycles. The van der Waals surface area contributed by atoms with E-state index in [9.17, 15) is 23.7 Å². The molecule has 242 valence electrons. The van der Waals surface area contributed by atoms with Gasteiger partial charge in [0.05, 0.1) is 25.9 Å². The average molecular weight is 711 g/mol. The molecule has 3 saturated heterocycles. The van der Waals surface area contributed by atoms with E-state index in [1.807, 2.05) is 0 Å². The number of alkyl halides is 1. The third-order valence-electron chi connectivity index (χ3n) is 7.40. The molecule has 0 aliphatic carbocycles. The van der Waals surface area contributed by atoms with Gasteiger partial charge in [-0.15, -0.1) is 0 Å². The lowest BCUT2D eigenvalue weighted by Crippen LogP contribution is -2.35. The zero-order chi connectivity index (χ0) is 31.8. The van der Waals surface area contributed by atoms with E-state index >= 15 is 4.39 Å². The number of rotatable bonds is 2. The molecule has 24 heteroatoms. The Kier molecular flexibility index (Phi) is 7.86. The van der Waals surface area contributed by atoms with Gasteiger partial charge in [0.25, 0.3) is 5.56 Å². The molecule has 0 saturated carbocycles. The first kappa shape index (κ1) is 31.2. The number of ether oxygens (including phenoxy) is 2. The minimum atomic E-state index is -4.43. The van der Waals surface area contributed by atoms with Gasteiger partial charge >= 0.3 is 13.5 Å². The van der Waals surface area contributed by atoms with Crippen LogP contribution in [0.3, 0.4) is 0 Å². The van der Waals surface area contributed by atoms with E-state index in [0.29, 0.717) is 0 Å². The summed E-state index contributed by atoms with van der Waals surface area (Å²) in [5, 5.41) is 10.7. The van der Waals surface area contributed by atoms with Crippen molar-refractivity contribution in [2.24, 2.45) is 0 Å². The van der Waals surface area contributed by atoms with Crippen molar-refractivity contribution in [3.05, 3.63) is 41.3 Å². The molecule has 4 aromatic heterocycles. The summed E-state index contributed by atoms with van der Waals surface area (Å²) in [5.41, 5.74) is 5.18. The average Bonchev–Trinajstić information content (AvgIpc) is 3.71. The van der Waals surface area contributed by atoms with Gasteiger partial charge in [-0.05, 0) is 11.8 Å². The van der Waals surface area contributed by atoms with Crippen LogP contribution in [0.25, 0.3) is 22.2 Å². The van der Waals surface area contributed by atoms with Crippen LogP contribution >= 0.6 is 25.8 Å². The molecule has 3 aliphatic rings. The standard InChI is InChI=1S/C21H22F2N8O10P2S2/c22-7-1-30(17-10(7)19(33)28-5-26-17)21-15-13(32)8(38-21)2-36-42(34,44)40-14-9(3-37-43(35,45)41-15)39-20(11(14)23)31-6-29-12-16(24)25-4-27-18(12)31/h1,4-6,8-9,11,13-15,20-21,32H,2-3H2,(H,34,44)(H,35,45)(H2,24,25,27)(H,26,28,33)/t8?,9?,11-,13-,14-,15-,20-,21?,42?,43?/m1/s1. The van der Waals surface area contributed by atoms with Gasteiger partial charge in [0.15, 0.2) is 41.6 Å². The van der Waals surface area contributed by atoms with Crippen LogP contribution in [0.2, 0.25) is 0 Å². The van der Waals surface area contributed by atoms with Crippen LogP contribution in [0.15, 0.2) is 30.0 Å². The van der Waals surface area contributed by atoms with E-state index in [-0.39, 0.29) is 22.6 Å². The van der Waals surface area contributed by atoms with Crippen molar-refractivity contribution in [2.75, 3.05) is 18.9 Å². The molecule has 7 heterocycles. The van der Waals surface area contributed by atoms with Crippen LogP contribution in [0.5, 0.6) is 0 Å². The van der Waals surface area contributed by atoms with Gasteiger partial charge < -0.3 is 39.3 Å². The smallest absolute Gasteiger partial charge is 0.386 e. The summed E-state index contributed by atoms with van der Waals surface area (Å²) in [4.78, 5) is 41.5. The summed E-state index contributed by atoms with van der Waals surface area (Å²) >= 11 is 9.16. The van der Waals surface area contributed by atoms with Crippen LogP contribution in [-0.2, 0) is 43.9 Å². The normalized spacial score (nSPS) is 37.7. The lowest BCUT2D eigenvalue weighted by atomic mass is 10.1. The Bertz CT molecular complexity index is 1950. The van der Waals surface area contributed by atoms with Gasteiger partial charge in [-0.3, -0.25) is 22.9 Å². The number of hydrogen-bond acceptors (Lipinski definition) is 15. The molecule has 7 rings (SSSR count). The summed E-state index contributed by atoms with van der Waals surface area (Å²) in [5.74, 6) is -0.922. The van der Waals surface area contributed by atoms with Crippen LogP contribution in [0.1, 0.15) is 12.5 Å². The molecule has 0 amide bonds. The Morgan fingerprint density at radius 1 is 1.07 bits per heavy atom. The molecule has 5 unspecified atom stereocenters. The number of nitrogen functional groups attached to an aromatic ring is 1. The number of aromatic amines is 1. The highest BCUT2D eigenvalue weighted by atomic mass is 32.7. The van der Waals surface area contributed by atoms with E-state index in [0.717, 1.165) is 23.4 Å². The summed E-state index contributed by atoms with van der Waals surface area (Å²) in [6.07, 6.45) is -8.28. The first-order valence-electron chi connectivity index (χ1n) is 12.9. The van der Waals surface area contributed by atoms with Gasteiger partial charge in [-0.25, -0.2) is 33.3 Å². The van der Waals surface area contributed by atoms with Crippen molar-refractivity contribution < 1.29 is 50.9 Å². The van der Waals surface area contributed by atoms with Crippen molar-refractivity contribution in [1.82, 2.24) is 34.1 Å². The number of anilines is 1. The maximum Gasteiger partial charge on any atom is 0.386 e. The van der Waals surface area contributed by atoms with Crippen LogP contribution in [-0.4, -0.2) is 94.0 Å². The first-order valence-corrected chi connectivity index (χ1v) is 18.2. The zero-order valence-corrected chi connectivity index (χ0v) is 25.8. The summed E-state index contributed by atoms with van der Waals surface area (Å²) in [6.45, 7) is -10.1. The largest absolute Gasteiger partial charge is 0.387 e. The number of aliphatic hydroxyl groups is 1. The second-order valence-corrected chi connectivity index (χ2v) is 15.8. The second kappa shape index (κ2) is 11.4. The van der Waals surface area contributed by atoms with Crippen LogP contribution in [0.4, 0.5) is 14.6 Å². The van der Waals surface area contributed by atoms with Gasteiger partial charge in [0, 0.05) is 6.20 Å². The fourth-order valence-corrected chi connectivity index (χ4v) is 8.27. The van der Waals surface area contributed by atoms with Crippen LogP contribution in [0, 0.1) is 5.82 Å². The Hall–Kier alpha value is -2.46. The Morgan fingerprint density at radius 2 is 1.82 bits per heavy atom. The minimum Gasteiger partial charge on any atom is -0.387 e.